The molecule has 1 aromatic rings. The minimum atomic E-state index is 0. The topological polar surface area (TPSA) is 121 Å². The Bertz CT molecular complexity index is 251. The molecule has 7 heteroatoms. The van der Waals surface area contributed by atoms with Crippen LogP contribution in [0.5, 0.6) is 0 Å². The van der Waals surface area contributed by atoms with Gasteiger partial charge in [-0.25, -0.2) is 0 Å². The van der Waals surface area contributed by atoms with Crippen LogP contribution in [0.15, 0.2) is 30.3 Å². The second kappa shape index (κ2) is 17.8. The third-order valence-corrected chi connectivity index (χ3v) is 2.05. The van der Waals surface area contributed by atoms with Gasteiger partial charge in [0.1, 0.15) is 0 Å². The summed E-state index contributed by atoms with van der Waals surface area (Å²) in [5, 5.41) is 25.5. The molecule has 0 radical (unpaired) electrons. The predicted molar refractivity (Wildman–Crippen MR) is 72.2 cm³/mol. The average molecular weight is 461 g/mol. The number of hydrogen-bond donors (Lipinski definition) is 4. The van der Waals surface area contributed by atoms with Crippen LogP contribution in [0.25, 0.3) is 0 Å². The molecule has 0 aliphatic carbocycles. The summed E-state index contributed by atoms with van der Waals surface area (Å²) >= 11 is 0. The smallest absolute Gasteiger partial charge is 0.0558 e. The van der Waals surface area contributed by atoms with Gasteiger partial charge in [-0.2, -0.15) is 0 Å². The van der Waals surface area contributed by atoms with Crippen molar-refractivity contribution in [1.29, 1.82) is 0 Å². The zero-order chi connectivity index (χ0) is 12.9. The van der Waals surface area contributed by atoms with E-state index >= 15 is 0 Å². The number of para-hydroxylation sites is 1. The van der Waals surface area contributed by atoms with Gasteiger partial charge in [0.15, 0.2) is 0 Å². The molecule has 0 fully saturated rings. The van der Waals surface area contributed by atoms with Crippen LogP contribution < -0.4 is 5.73 Å². The van der Waals surface area contributed by atoms with Crippen LogP contribution in [0.4, 0.5) is 5.69 Å². The minimum absolute atomic E-state index is 0. The Kier molecular flexibility index (Phi) is 22.3. The second-order valence-corrected chi connectivity index (χ2v) is 3.42. The zero-order valence-electron chi connectivity index (χ0n) is 11.2. The maximum absolute atomic E-state index is 8.48. The normalized spacial score (nSPS) is 8.84. The van der Waals surface area contributed by atoms with Crippen molar-refractivity contribution in [3.63, 3.8) is 0 Å². The Morgan fingerprint density at radius 2 is 1.21 bits per heavy atom. The van der Waals surface area contributed by atoms with E-state index in [1.54, 1.807) is 4.90 Å². The summed E-state index contributed by atoms with van der Waals surface area (Å²) in [5.41, 5.74) is 6.18. The Balaban J connectivity index is -0.000000253. The van der Waals surface area contributed by atoms with Gasteiger partial charge in [0.25, 0.3) is 0 Å². The largest absolute Gasteiger partial charge is 0.412 e. The van der Waals surface area contributed by atoms with Crippen molar-refractivity contribution in [3.8, 4) is 0 Å². The molecule has 0 heterocycles. The number of anilines is 1. The summed E-state index contributed by atoms with van der Waals surface area (Å²) in [4.78, 5) is 1.79. The second-order valence-electron chi connectivity index (χ2n) is 3.42. The van der Waals surface area contributed by atoms with Crippen LogP contribution in [0.3, 0.4) is 0 Å². The third-order valence-electron chi connectivity index (χ3n) is 2.05. The molecule has 6 nitrogen and oxygen atoms in total. The van der Waals surface area contributed by atoms with Crippen LogP contribution in [-0.4, -0.2) is 65.2 Å². The maximum atomic E-state index is 8.48. The molecule has 0 aliphatic heterocycles. The van der Waals surface area contributed by atoms with Crippen LogP contribution in [0.1, 0.15) is 0 Å². The van der Waals surface area contributed by atoms with E-state index in [9.17, 15) is 0 Å². The number of nitrogens with zero attached hydrogens (tertiary/aromatic N) is 1. The van der Waals surface area contributed by atoms with Gasteiger partial charge in [-0.3, -0.25) is 4.90 Å². The quantitative estimate of drug-likeness (QED) is 0.311. The van der Waals surface area contributed by atoms with Crippen molar-refractivity contribution in [1.82, 2.24) is 4.90 Å². The van der Waals surface area contributed by atoms with Crippen molar-refractivity contribution >= 4 is 5.69 Å². The number of rotatable bonds is 6. The predicted octanol–water partition coefficient (Wildman–Crippen LogP) is -1.29. The molecule has 0 unspecified atom stereocenters. The van der Waals surface area contributed by atoms with E-state index < -0.39 is 0 Å². The standard InChI is InChI=1S/C6H15NO3.C6H7N.Hg.H2O/c8-4-1-7(2-5-9)3-6-10;7-6-4-2-1-3-5-6;;/h8-10H,1-6H2;1-5H,7H2;;1H2. The molecular weight excluding hydrogens is 437 g/mol. The van der Waals surface area contributed by atoms with E-state index in [2.05, 4.69) is 0 Å². The summed E-state index contributed by atoms with van der Waals surface area (Å²) in [6.07, 6.45) is 0. The molecule has 0 aliphatic rings. The first kappa shape index (κ1) is 23.8. The van der Waals surface area contributed by atoms with Gasteiger partial charge in [0, 0.05) is 53.0 Å². The van der Waals surface area contributed by atoms with Gasteiger partial charge >= 0.3 is 0 Å². The van der Waals surface area contributed by atoms with Crippen molar-refractivity contribution in [2.24, 2.45) is 0 Å². The Hall–Kier alpha value is -0.245. The number of hydrogen-bond acceptors (Lipinski definition) is 5. The van der Waals surface area contributed by atoms with Gasteiger partial charge in [-0.05, 0) is 12.1 Å². The molecule has 19 heavy (non-hydrogen) atoms. The molecule has 1 rings (SSSR count). The molecule has 0 aromatic heterocycles. The Morgan fingerprint density at radius 3 is 1.42 bits per heavy atom. The molecule has 0 saturated heterocycles. The van der Waals surface area contributed by atoms with Crippen molar-refractivity contribution in [2.75, 3.05) is 45.2 Å². The van der Waals surface area contributed by atoms with Crippen LogP contribution in [0, 0.1) is 0 Å². The van der Waals surface area contributed by atoms with E-state index in [4.69, 9.17) is 21.1 Å². The first-order chi connectivity index (χ1) is 8.24. The summed E-state index contributed by atoms with van der Waals surface area (Å²) < 4.78 is 0. The minimum Gasteiger partial charge on any atom is -0.412 e. The molecule has 0 spiro atoms. The van der Waals surface area contributed by atoms with Crippen LogP contribution in [0.2, 0.25) is 0 Å². The summed E-state index contributed by atoms with van der Waals surface area (Å²) in [5.74, 6) is 0. The number of nitrogens with two attached hydrogens (primary N) is 1. The first-order valence-corrected chi connectivity index (χ1v) is 5.60. The molecule has 1 aromatic carbocycles. The van der Waals surface area contributed by atoms with E-state index in [0.717, 1.165) is 5.69 Å². The first-order valence-electron chi connectivity index (χ1n) is 5.60. The number of benzene rings is 1. The molecule has 0 amide bonds. The average Bonchev–Trinajstić information content (AvgIpc) is 2.32. The zero-order valence-corrected chi connectivity index (χ0v) is 16.7. The van der Waals surface area contributed by atoms with Crippen LogP contribution in [-0.2, 0) is 27.7 Å². The van der Waals surface area contributed by atoms with Gasteiger partial charge in [0.2, 0.25) is 0 Å². The van der Waals surface area contributed by atoms with Gasteiger partial charge in [-0.1, -0.05) is 18.2 Å². The van der Waals surface area contributed by atoms with Gasteiger partial charge in [0.05, 0.1) is 19.8 Å². The van der Waals surface area contributed by atoms with E-state index in [-0.39, 0.29) is 53.0 Å². The number of aliphatic hydroxyl groups is 3. The van der Waals surface area contributed by atoms with Crippen molar-refractivity contribution in [3.05, 3.63) is 30.3 Å². The fourth-order valence-corrected chi connectivity index (χ4v) is 1.21. The SMILES string of the molecule is Nc1ccccc1.O.OCCN(CCO)CCO.[Hg]. The molecule has 0 bridgehead atoms. The maximum Gasteiger partial charge on any atom is 0.0558 e. The Labute approximate surface area is 134 Å². The third kappa shape index (κ3) is 15.7. The summed E-state index contributed by atoms with van der Waals surface area (Å²) in [6, 6.07) is 9.49. The van der Waals surface area contributed by atoms with Crippen molar-refractivity contribution < 1.29 is 48.5 Å². The van der Waals surface area contributed by atoms with Gasteiger partial charge in [-0.15, -0.1) is 0 Å². The Morgan fingerprint density at radius 1 is 0.842 bits per heavy atom. The summed E-state index contributed by atoms with van der Waals surface area (Å²) in [7, 11) is 0. The number of nitrogen functional groups attached to an aromatic ring is 1. The van der Waals surface area contributed by atoms with E-state index in [1.807, 2.05) is 30.3 Å². The van der Waals surface area contributed by atoms with Crippen LogP contribution >= 0.6 is 0 Å². The molecular formula is C12H24HgN2O4. The fraction of sp³-hybridized carbons (Fsp3) is 0.500. The van der Waals surface area contributed by atoms with Gasteiger partial charge < -0.3 is 26.5 Å². The monoisotopic (exact) mass is 462 g/mol. The molecule has 7 N–H and O–H groups in total. The molecule has 108 valence electrons. The fourth-order valence-electron chi connectivity index (χ4n) is 1.21. The van der Waals surface area contributed by atoms with Crippen molar-refractivity contribution in [2.45, 2.75) is 0 Å². The summed E-state index contributed by atoms with van der Waals surface area (Å²) in [6.45, 7) is 1.75. The van der Waals surface area contributed by atoms with E-state index in [0.29, 0.717) is 19.6 Å². The molecule has 0 atom stereocenters. The van der Waals surface area contributed by atoms with E-state index in [1.165, 1.54) is 0 Å². The number of aliphatic hydroxyl groups excluding tert-OH is 3. The molecule has 0 saturated carbocycles.